The van der Waals surface area contributed by atoms with Crippen molar-refractivity contribution in [1.29, 1.82) is 0 Å². The third-order valence-electron chi connectivity index (χ3n) is 8.42. The molecule has 9 nitrogen and oxygen atoms in total. The summed E-state index contributed by atoms with van der Waals surface area (Å²) in [4.78, 5) is 9.62. The van der Waals surface area contributed by atoms with E-state index in [4.69, 9.17) is 19.4 Å². The zero-order chi connectivity index (χ0) is 26.4. The van der Waals surface area contributed by atoms with Crippen molar-refractivity contribution >= 4 is 28.7 Å². The molecule has 1 aliphatic heterocycles. The quantitative estimate of drug-likeness (QED) is 0.321. The molecule has 4 aliphatic rings. The van der Waals surface area contributed by atoms with Crippen LogP contribution in [0.3, 0.4) is 0 Å². The number of halogens is 2. The highest BCUT2D eigenvalue weighted by Crippen LogP contribution is 2.71. The largest absolute Gasteiger partial charge is 0.396 e. The smallest absolute Gasteiger partial charge is 0.191 e. The average Bonchev–Trinajstić information content (AvgIpc) is 3.70. The molecule has 4 fully saturated rings. The molecule has 3 aliphatic carbocycles. The number of nitrogens with zero attached hydrogens (tertiary/aromatic N) is 5. The molecule has 12 heteroatoms. The van der Waals surface area contributed by atoms with Crippen molar-refractivity contribution in [3.63, 3.8) is 0 Å². The maximum Gasteiger partial charge on any atom is 0.191 e. The fraction of sp³-hybridized carbons (Fsp3) is 0.615. The van der Waals surface area contributed by atoms with E-state index in [-0.39, 0.29) is 48.1 Å². The van der Waals surface area contributed by atoms with Crippen LogP contribution in [0, 0.1) is 23.0 Å². The van der Waals surface area contributed by atoms with Crippen molar-refractivity contribution in [3.8, 4) is 0 Å². The second-order valence-electron chi connectivity index (χ2n) is 11.4. The first-order chi connectivity index (χ1) is 18.2. The molecular formula is C26H30F2N6O3S. The van der Waals surface area contributed by atoms with Crippen LogP contribution in [-0.2, 0) is 9.47 Å². The van der Waals surface area contributed by atoms with Crippen LogP contribution in [0.4, 0.5) is 14.6 Å². The molecule has 0 bridgehead atoms. The Kier molecular flexibility index (Phi) is 5.53. The lowest BCUT2D eigenvalue weighted by Gasteiger charge is -2.23. The van der Waals surface area contributed by atoms with E-state index in [1.165, 1.54) is 12.1 Å². The average molecular weight is 545 g/mol. The van der Waals surface area contributed by atoms with Gasteiger partial charge in [0.25, 0.3) is 0 Å². The highest BCUT2D eigenvalue weighted by Gasteiger charge is 2.76. The molecule has 7 rings (SSSR count). The van der Waals surface area contributed by atoms with Crippen LogP contribution in [0.25, 0.3) is 11.2 Å². The third kappa shape index (κ3) is 3.75. The van der Waals surface area contributed by atoms with Gasteiger partial charge in [-0.2, -0.15) is 0 Å². The molecule has 3 heterocycles. The number of ether oxygens (including phenoxy) is 2. The number of hydrogen-bond donors (Lipinski definition) is 2. The molecule has 38 heavy (non-hydrogen) atoms. The first-order valence-electron chi connectivity index (χ1n) is 13.2. The Bertz CT molecular complexity index is 1420. The minimum atomic E-state index is -0.847. The lowest BCUT2D eigenvalue weighted by Crippen LogP contribution is -2.33. The van der Waals surface area contributed by atoms with Crippen LogP contribution in [0.2, 0.25) is 0 Å². The van der Waals surface area contributed by atoms with E-state index in [2.05, 4.69) is 22.6 Å². The summed E-state index contributed by atoms with van der Waals surface area (Å²) >= 11 is 1.57. The number of anilines is 1. The number of rotatable bonds is 8. The van der Waals surface area contributed by atoms with Gasteiger partial charge in [-0.05, 0) is 56.7 Å². The number of fused-ring (bicyclic) bond motifs is 4. The second kappa shape index (κ2) is 8.54. The fourth-order valence-corrected chi connectivity index (χ4v) is 7.14. The van der Waals surface area contributed by atoms with E-state index in [1.54, 1.807) is 17.8 Å². The summed E-state index contributed by atoms with van der Waals surface area (Å²) in [7, 11) is 0. The predicted octanol–water partition coefficient (Wildman–Crippen LogP) is 4.04. The standard InChI is InChI=1S/C26H30F2N6O3S/c1-4-7-38-24-30-22(29-17-9-13(17)12-5-6-15(27)16(28)8-12)18-23(31-24)34(33-32-18)19-14-10-26(14,11-35)21-20(19)36-25(2,3)37-21/h5-6,8,13-14,17,19-21,35H,4,7,9-11H2,1-3H3,(H,29,30,31)/t13-,14+,17+,19+,20?,21-,26+/m0/s1. The van der Waals surface area contributed by atoms with E-state index in [0.29, 0.717) is 22.1 Å². The number of thioether (sulfide) groups is 1. The Morgan fingerprint density at radius 3 is 2.82 bits per heavy atom. The van der Waals surface area contributed by atoms with E-state index in [0.717, 1.165) is 30.6 Å². The zero-order valence-corrected chi connectivity index (χ0v) is 22.2. The summed E-state index contributed by atoms with van der Waals surface area (Å²) in [5, 5.41) is 23.4. The van der Waals surface area contributed by atoms with Gasteiger partial charge in [-0.3, -0.25) is 0 Å². The maximum absolute atomic E-state index is 13.8. The van der Waals surface area contributed by atoms with E-state index in [1.807, 2.05) is 18.5 Å². The summed E-state index contributed by atoms with van der Waals surface area (Å²) in [5.74, 6) is -0.779. The maximum atomic E-state index is 13.8. The van der Waals surface area contributed by atoms with Gasteiger partial charge < -0.3 is 19.9 Å². The first-order valence-corrected chi connectivity index (χ1v) is 14.2. The van der Waals surface area contributed by atoms with Crippen molar-refractivity contribution in [2.45, 2.75) is 81.2 Å². The van der Waals surface area contributed by atoms with Gasteiger partial charge in [-0.15, -0.1) is 5.10 Å². The Labute approximate surface area is 222 Å². The molecule has 7 atom stereocenters. The fourth-order valence-electron chi connectivity index (χ4n) is 6.44. The van der Waals surface area contributed by atoms with E-state index >= 15 is 0 Å². The van der Waals surface area contributed by atoms with Crippen LogP contribution in [0.15, 0.2) is 23.4 Å². The van der Waals surface area contributed by atoms with Crippen molar-refractivity contribution in [3.05, 3.63) is 35.4 Å². The van der Waals surface area contributed by atoms with E-state index < -0.39 is 17.4 Å². The van der Waals surface area contributed by atoms with Gasteiger partial charge in [0.2, 0.25) is 0 Å². The van der Waals surface area contributed by atoms with Crippen molar-refractivity contribution < 1.29 is 23.4 Å². The highest BCUT2D eigenvalue weighted by atomic mass is 32.2. The zero-order valence-electron chi connectivity index (χ0n) is 21.4. The number of aromatic nitrogens is 5. The van der Waals surface area contributed by atoms with Crippen LogP contribution in [0.5, 0.6) is 0 Å². The Morgan fingerprint density at radius 2 is 2.05 bits per heavy atom. The molecule has 0 spiro atoms. The molecule has 1 unspecified atom stereocenters. The van der Waals surface area contributed by atoms with Crippen LogP contribution >= 0.6 is 11.8 Å². The minimum Gasteiger partial charge on any atom is -0.396 e. The van der Waals surface area contributed by atoms with Gasteiger partial charge in [0.15, 0.2) is 39.6 Å². The molecule has 3 saturated carbocycles. The normalized spacial score (nSPS) is 34.4. The Morgan fingerprint density at radius 1 is 1.21 bits per heavy atom. The summed E-state index contributed by atoms with van der Waals surface area (Å²) in [6, 6.07) is 3.91. The highest BCUT2D eigenvalue weighted by molar-refractivity contribution is 7.99. The predicted molar refractivity (Wildman–Crippen MR) is 136 cm³/mol. The molecule has 2 N–H and O–H groups in total. The molecular weight excluding hydrogens is 514 g/mol. The molecule has 0 amide bonds. The minimum absolute atomic E-state index is 0.0147. The SMILES string of the molecule is CCCSc1nc(N[C@@H]2C[C@H]2c2ccc(F)c(F)c2)c2nnn([C@H]3C4OC(C)(C)O[C@@H]4[C@@]4(CO)C[C@H]34)c2n1. The molecule has 1 aromatic carbocycles. The number of nitrogens with one attached hydrogen (secondary N) is 1. The third-order valence-corrected chi connectivity index (χ3v) is 9.48. The topological polar surface area (TPSA) is 107 Å². The number of aliphatic hydroxyl groups is 1. The Hall–Kier alpha value is -2.41. The lowest BCUT2D eigenvalue weighted by molar-refractivity contribution is -0.163. The van der Waals surface area contributed by atoms with Gasteiger partial charge in [0, 0.05) is 23.1 Å². The van der Waals surface area contributed by atoms with Crippen LogP contribution < -0.4 is 5.32 Å². The number of hydrogen-bond acceptors (Lipinski definition) is 9. The number of benzene rings is 1. The van der Waals surface area contributed by atoms with Crippen LogP contribution in [-0.4, -0.2) is 66.5 Å². The molecule has 2 aromatic heterocycles. The summed E-state index contributed by atoms with van der Waals surface area (Å²) < 4.78 is 41.6. The Balaban J connectivity index is 1.23. The molecule has 0 radical (unpaired) electrons. The summed E-state index contributed by atoms with van der Waals surface area (Å²) in [5.41, 5.74) is 1.59. The van der Waals surface area contributed by atoms with Gasteiger partial charge in [-0.1, -0.05) is 30.0 Å². The first kappa shape index (κ1) is 24.6. The van der Waals surface area contributed by atoms with Gasteiger partial charge in [0.05, 0.1) is 18.8 Å². The molecule has 3 aromatic rings. The monoisotopic (exact) mass is 544 g/mol. The number of aliphatic hydroxyl groups excluding tert-OH is 1. The molecule has 202 valence electrons. The second-order valence-corrected chi connectivity index (χ2v) is 12.5. The lowest BCUT2D eigenvalue weighted by atomic mass is 10.0. The van der Waals surface area contributed by atoms with Crippen LogP contribution in [0.1, 0.15) is 57.6 Å². The summed E-state index contributed by atoms with van der Waals surface area (Å²) in [6.07, 6.45) is 2.10. The van der Waals surface area contributed by atoms with Gasteiger partial charge in [0.1, 0.15) is 6.10 Å². The van der Waals surface area contributed by atoms with Crippen molar-refractivity contribution in [2.24, 2.45) is 11.3 Å². The van der Waals surface area contributed by atoms with Gasteiger partial charge >= 0.3 is 0 Å². The van der Waals surface area contributed by atoms with E-state index in [9.17, 15) is 13.9 Å². The molecule has 1 saturated heterocycles. The summed E-state index contributed by atoms with van der Waals surface area (Å²) in [6.45, 7) is 5.93. The van der Waals surface area contributed by atoms with Gasteiger partial charge in [-0.25, -0.2) is 23.4 Å². The van der Waals surface area contributed by atoms with Crippen molar-refractivity contribution in [1.82, 2.24) is 25.0 Å². The van der Waals surface area contributed by atoms with Crippen molar-refractivity contribution in [2.75, 3.05) is 17.7 Å².